The highest BCUT2D eigenvalue weighted by Crippen LogP contribution is 2.35. The fraction of sp³-hybridized carbons (Fsp3) is 0.343. The molecule has 1 aliphatic rings. The summed E-state index contributed by atoms with van der Waals surface area (Å²) in [6, 6.07) is 18.6. The van der Waals surface area contributed by atoms with Crippen molar-refractivity contribution < 1.29 is 27.9 Å². The highest BCUT2D eigenvalue weighted by Gasteiger charge is 2.33. The number of alkyl halides is 3. The van der Waals surface area contributed by atoms with E-state index in [1.165, 1.54) is 6.07 Å². The molecule has 1 fully saturated rings. The first kappa shape index (κ1) is 33.3. The summed E-state index contributed by atoms with van der Waals surface area (Å²) in [4.78, 5) is 33.8. The Morgan fingerprint density at radius 2 is 1.76 bits per heavy atom. The zero-order valence-electron chi connectivity index (χ0n) is 25.7. The van der Waals surface area contributed by atoms with Crippen molar-refractivity contribution in [1.29, 1.82) is 0 Å². The molecule has 1 aliphatic heterocycles. The number of halogens is 3. The minimum absolute atomic E-state index is 0.0259. The molecule has 2 heterocycles. The molecule has 46 heavy (non-hydrogen) atoms. The van der Waals surface area contributed by atoms with Gasteiger partial charge in [0.1, 0.15) is 5.01 Å². The van der Waals surface area contributed by atoms with Gasteiger partial charge < -0.3 is 20.6 Å². The zero-order chi connectivity index (χ0) is 32.8. The average molecular weight is 651 g/mol. The summed E-state index contributed by atoms with van der Waals surface area (Å²) in [5, 5.41) is 20.0. The summed E-state index contributed by atoms with van der Waals surface area (Å²) >= 11 is 1.55. The third-order valence-corrected chi connectivity index (χ3v) is 9.10. The molecule has 4 aromatic rings. The summed E-state index contributed by atoms with van der Waals surface area (Å²) in [5.41, 5.74) is 2.96. The number of aryl methyl sites for hydroxylation is 2. The Labute approximate surface area is 270 Å². The van der Waals surface area contributed by atoms with E-state index in [0.29, 0.717) is 29.7 Å². The van der Waals surface area contributed by atoms with Gasteiger partial charge in [0.25, 0.3) is 11.8 Å². The molecular formula is C35H37F3N4O3S. The lowest BCUT2D eigenvalue weighted by atomic mass is 9.99. The minimum Gasteiger partial charge on any atom is -0.390 e. The molecule has 0 spiro atoms. The number of carbonyl (C=O) groups is 2. The first-order chi connectivity index (χ1) is 22.0. The van der Waals surface area contributed by atoms with Crippen molar-refractivity contribution in [2.45, 2.75) is 64.0 Å². The molecule has 3 N–H and O–H groups in total. The molecule has 1 aromatic heterocycles. The van der Waals surface area contributed by atoms with Crippen molar-refractivity contribution >= 4 is 23.2 Å². The predicted molar refractivity (Wildman–Crippen MR) is 172 cm³/mol. The number of aliphatic hydroxyl groups excluding tert-OH is 1. The number of amides is 2. The van der Waals surface area contributed by atoms with Crippen molar-refractivity contribution in [2.24, 2.45) is 0 Å². The van der Waals surface area contributed by atoms with Crippen LogP contribution in [0.4, 0.5) is 13.2 Å². The Balaban J connectivity index is 1.29. The Bertz CT molecular complexity index is 1660. The van der Waals surface area contributed by atoms with Crippen molar-refractivity contribution in [3.63, 3.8) is 0 Å². The van der Waals surface area contributed by atoms with Crippen LogP contribution in [0.5, 0.6) is 0 Å². The fourth-order valence-electron chi connectivity index (χ4n) is 5.76. The van der Waals surface area contributed by atoms with Gasteiger partial charge in [-0.2, -0.15) is 13.2 Å². The van der Waals surface area contributed by atoms with E-state index in [1.807, 2.05) is 54.5 Å². The molecule has 2 amide bonds. The van der Waals surface area contributed by atoms with Crippen molar-refractivity contribution in [3.8, 4) is 0 Å². The van der Waals surface area contributed by atoms with Gasteiger partial charge in [-0.3, -0.25) is 9.59 Å². The lowest BCUT2D eigenvalue weighted by Gasteiger charge is -2.26. The van der Waals surface area contributed by atoms with Gasteiger partial charge in [0, 0.05) is 41.8 Å². The molecule has 242 valence electrons. The zero-order valence-corrected chi connectivity index (χ0v) is 26.5. The van der Waals surface area contributed by atoms with E-state index in [2.05, 4.69) is 15.6 Å². The van der Waals surface area contributed by atoms with Gasteiger partial charge in [0.05, 0.1) is 23.8 Å². The van der Waals surface area contributed by atoms with Gasteiger partial charge in [-0.1, -0.05) is 48.5 Å². The quantitative estimate of drug-likeness (QED) is 0.179. The monoisotopic (exact) mass is 650 g/mol. The molecule has 3 atom stereocenters. The lowest BCUT2D eigenvalue weighted by molar-refractivity contribution is -0.137. The van der Waals surface area contributed by atoms with Crippen LogP contribution in [-0.4, -0.2) is 52.0 Å². The number of hydrogen-bond acceptors (Lipinski definition) is 6. The molecule has 0 aliphatic carbocycles. The van der Waals surface area contributed by atoms with Crippen LogP contribution >= 0.6 is 11.3 Å². The maximum Gasteiger partial charge on any atom is 0.416 e. The van der Waals surface area contributed by atoms with E-state index < -0.39 is 29.8 Å². The number of benzene rings is 3. The number of rotatable bonds is 11. The summed E-state index contributed by atoms with van der Waals surface area (Å²) in [5.74, 6) is -0.600. The topological polar surface area (TPSA) is 94.6 Å². The number of nitrogens with one attached hydrogen (secondary N) is 2. The van der Waals surface area contributed by atoms with Crippen LogP contribution in [0.15, 0.2) is 78.2 Å². The van der Waals surface area contributed by atoms with Gasteiger partial charge in [0.2, 0.25) is 0 Å². The first-order valence-electron chi connectivity index (χ1n) is 15.2. The van der Waals surface area contributed by atoms with E-state index in [9.17, 15) is 27.9 Å². The number of aliphatic hydroxyl groups is 1. The number of hydrogen-bond donors (Lipinski definition) is 3. The number of likely N-dealkylation sites (tertiary alicyclic amines) is 1. The first-order valence-corrected chi connectivity index (χ1v) is 16.1. The van der Waals surface area contributed by atoms with Gasteiger partial charge in [-0.05, 0) is 74.1 Å². The summed E-state index contributed by atoms with van der Waals surface area (Å²) in [6.07, 6.45) is -3.49. The molecule has 0 saturated carbocycles. The summed E-state index contributed by atoms with van der Waals surface area (Å²) in [7, 11) is 0. The van der Waals surface area contributed by atoms with Gasteiger partial charge >= 0.3 is 6.18 Å². The maximum atomic E-state index is 13.7. The van der Waals surface area contributed by atoms with Crippen LogP contribution in [0.1, 0.15) is 72.6 Å². The van der Waals surface area contributed by atoms with Gasteiger partial charge in [-0.15, -0.1) is 11.3 Å². The van der Waals surface area contributed by atoms with E-state index in [0.717, 1.165) is 46.8 Å². The minimum atomic E-state index is -4.45. The van der Waals surface area contributed by atoms with E-state index >= 15 is 0 Å². The van der Waals surface area contributed by atoms with Crippen molar-refractivity contribution in [1.82, 2.24) is 20.5 Å². The molecule has 1 unspecified atom stereocenters. The third kappa shape index (κ3) is 8.39. The van der Waals surface area contributed by atoms with Crippen LogP contribution in [0.25, 0.3) is 0 Å². The molecule has 5 rings (SSSR count). The van der Waals surface area contributed by atoms with E-state index in [4.69, 9.17) is 0 Å². The molecule has 3 aromatic carbocycles. The van der Waals surface area contributed by atoms with Crippen LogP contribution in [0.3, 0.4) is 0 Å². The lowest BCUT2D eigenvalue weighted by Crippen LogP contribution is -2.48. The summed E-state index contributed by atoms with van der Waals surface area (Å²) in [6.45, 7) is 4.50. The number of aromatic nitrogens is 1. The maximum absolute atomic E-state index is 13.7. The van der Waals surface area contributed by atoms with Gasteiger partial charge in [-0.25, -0.2) is 4.98 Å². The molecule has 0 radical (unpaired) electrons. The molecule has 1 saturated heterocycles. The highest BCUT2D eigenvalue weighted by molar-refractivity contribution is 7.09. The van der Waals surface area contributed by atoms with Crippen LogP contribution in [0.2, 0.25) is 0 Å². The number of carbonyl (C=O) groups excluding carboxylic acids is 2. The largest absolute Gasteiger partial charge is 0.416 e. The van der Waals surface area contributed by atoms with E-state index in [-0.39, 0.29) is 25.0 Å². The van der Waals surface area contributed by atoms with Crippen molar-refractivity contribution in [3.05, 3.63) is 122 Å². The van der Waals surface area contributed by atoms with Gasteiger partial charge in [0.15, 0.2) is 0 Å². The van der Waals surface area contributed by atoms with Crippen LogP contribution in [-0.2, 0) is 19.1 Å². The highest BCUT2D eigenvalue weighted by atomic mass is 32.1. The van der Waals surface area contributed by atoms with Crippen LogP contribution in [0, 0.1) is 13.8 Å². The number of nitrogens with zero attached hydrogens (tertiary/aromatic N) is 2. The average Bonchev–Trinajstić information content (AvgIpc) is 3.69. The Kier molecular flexibility index (Phi) is 10.6. The fourth-order valence-corrected chi connectivity index (χ4v) is 6.71. The SMILES string of the molecule is Cc1cc(C(=O)N[C@@H](Cc2ccccc2)[C@H](O)CNCc2cccc(C(F)(F)F)c2)cc(C(=O)N2CCCC2c2nc(C)cs2)c1. The second-order valence-corrected chi connectivity index (χ2v) is 12.6. The molecule has 7 nitrogen and oxygen atoms in total. The second-order valence-electron chi connectivity index (χ2n) is 11.7. The van der Waals surface area contributed by atoms with Crippen LogP contribution < -0.4 is 10.6 Å². The Morgan fingerprint density at radius 3 is 2.48 bits per heavy atom. The Hall–Kier alpha value is -4.06. The Morgan fingerprint density at radius 1 is 1.02 bits per heavy atom. The van der Waals surface area contributed by atoms with E-state index in [1.54, 1.807) is 35.6 Å². The predicted octanol–water partition coefficient (Wildman–Crippen LogP) is 6.25. The second kappa shape index (κ2) is 14.6. The third-order valence-electron chi connectivity index (χ3n) is 8.04. The molecular weight excluding hydrogens is 613 g/mol. The molecule has 0 bridgehead atoms. The normalized spacial score (nSPS) is 16.3. The van der Waals surface area contributed by atoms with Crippen molar-refractivity contribution in [2.75, 3.05) is 13.1 Å². The standard InChI is InChI=1S/C35H37F3N4O3S/c1-22-14-26(18-27(15-22)34(45)42-13-7-12-30(42)33-40-23(2)21-46-33)32(44)41-29(17-24-8-4-3-5-9-24)31(43)20-39-19-25-10-6-11-28(16-25)35(36,37)38/h3-6,8-11,14-16,18,21,29-31,39,43H,7,12-13,17,19-20H2,1-2H3,(H,41,44)/t29-,30?,31+/m0/s1. The number of thiazole rings is 1. The molecule has 11 heteroatoms. The summed E-state index contributed by atoms with van der Waals surface area (Å²) < 4.78 is 39.4. The smallest absolute Gasteiger partial charge is 0.390 e.